The second-order valence-corrected chi connectivity index (χ2v) is 7.57. The summed E-state index contributed by atoms with van der Waals surface area (Å²) in [6, 6.07) is 20.3. The van der Waals surface area contributed by atoms with E-state index in [9.17, 15) is 4.79 Å². The first-order valence-electron chi connectivity index (χ1n) is 9.25. The number of aliphatic imine (C=N–C) groups is 1. The molecule has 3 aromatic carbocycles. The van der Waals surface area contributed by atoms with E-state index in [0.29, 0.717) is 21.7 Å². The number of ether oxygens (including phenoxy) is 2. The van der Waals surface area contributed by atoms with Gasteiger partial charge in [-0.25, -0.2) is 9.79 Å². The summed E-state index contributed by atoms with van der Waals surface area (Å²) in [5.74, 6) is 0.494. The molecule has 0 aromatic heterocycles. The lowest BCUT2D eigenvalue weighted by Gasteiger charge is -2.09. The van der Waals surface area contributed by atoms with E-state index >= 15 is 0 Å². The third kappa shape index (κ3) is 4.56. The number of hydrogen-bond acceptors (Lipinski definition) is 4. The van der Waals surface area contributed by atoms with Gasteiger partial charge in [0, 0.05) is 21.2 Å². The van der Waals surface area contributed by atoms with Gasteiger partial charge in [-0.05, 0) is 55.0 Å². The molecule has 1 aliphatic rings. The quantitative estimate of drug-likeness (QED) is 0.351. The first-order chi connectivity index (χ1) is 14.5. The smallest absolute Gasteiger partial charge is 0.363 e. The van der Waals surface area contributed by atoms with Gasteiger partial charge >= 0.3 is 5.97 Å². The molecule has 150 valence electrons. The minimum atomic E-state index is -0.473. The van der Waals surface area contributed by atoms with Crippen LogP contribution in [-0.2, 0) is 16.1 Å². The number of nitrogens with zero attached hydrogens (tertiary/aromatic N) is 1. The van der Waals surface area contributed by atoms with Crippen LogP contribution in [0.5, 0.6) is 5.75 Å². The van der Waals surface area contributed by atoms with E-state index in [1.807, 2.05) is 55.5 Å². The third-order valence-electron chi connectivity index (χ3n) is 4.55. The molecule has 0 amide bonds. The molecular weight excluding hydrogens is 421 g/mol. The Kier molecular flexibility index (Phi) is 5.88. The number of esters is 1. The lowest BCUT2D eigenvalue weighted by molar-refractivity contribution is -0.129. The van der Waals surface area contributed by atoms with Gasteiger partial charge < -0.3 is 9.47 Å². The molecule has 4 rings (SSSR count). The maximum Gasteiger partial charge on any atom is 0.363 e. The number of halogens is 2. The van der Waals surface area contributed by atoms with Crippen LogP contribution >= 0.6 is 23.2 Å². The topological polar surface area (TPSA) is 47.9 Å². The first-order valence-corrected chi connectivity index (χ1v) is 10.0. The SMILES string of the molecule is Cc1ccc(C2=N/C(=C\c3ccc(OCc4c(Cl)cccc4Cl)cc3)C(=O)O2)cc1. The van der Waals surface area contributed by atoms with Crippen LogP contribution in [-0.4, -0.2) is 11.9 Å². The van der Waals surface area contributed by atoms with Gasteiger partial charge in [-0.15, -0.1) is 0 Å². The van der Waals surface area contributed by atoms with E-state index in [-0.39, 0.29) is 12.3 Å². The van der Waals surface area contributed by atoms with Crippen molar-refractivity contribution in [2.24, 2.45) is 4.99 Å². The van der Waals surface area contributed by atoms with Crippen molar-refractivity contribution in [3.05, 3.63) is 105 Å². The Bertz CT molecular complexity index is 1130. The molecule has 4 nitrogen and oxygen atoms in total. The summed E-state index contributed by atoms with van der Waals surface area (Å²) >= 11 is 12.3. The summed E-state index contributed by atoms with van der Waals surface area (Å²) in [5.41, 5.74) is 3.68. The fourth-order valence-electron chi connectivity index (χ4n) is 2.87. The monoisotopic (exact) mass is 437 g/mol. The van der Waals surface area contributed by atoms with Gasteiger partial charge in [0.15, 0.2) is 5.70 Å². The summed E-state index contributed by atoms with van der Waals surface area (Å²) < 4.78 is 11.1. The van der Waals surface area contributed by atoms with Crippen molar-refractivity contribution in [3.63, 3.8) is 0 Å². The van der Waals surface area contributed by atoms with Crippen LogP contribution < -0.4 is 4.74 Å². The molecule has 30 heavy (non-hydrogen) atoms. The number of carbonyl (C=O) groups is 1. The average molecular weight is 438 g/mol. The van der Waals surface area contributed by atoms with Gasteiger partial charge in [0.2, 0.25) is 5.90 Å². The van der Waals surface area contributed by atoms with Gasteiger partial charge in [0.25, 0.3) is 0 Å². The van der Waals surface area contributed by atoms with Crippen molar-refractivity contribution < 1.29 is 14.3 Å². The molecule has 3 aromatic rings. The molecule has 1 aliphatic heterocycles. The summed E-state index contributed by atoms with van der Waals surface area (Å²) in [7, 11) is 0. The number of benzene rings is 3. The van der Waals surface area contributed by atoms with E-state index < -0.39 is 5.97 Å². The van der Waals surface area contributed by atoms with Gasteiger partial charge in [-0.1, -0.05) is 59.1 Å². The van der Waals surface area contributed by atoms with Crippen LogP contribution in [0.4, 0.5) is 0 Å². The lowest BCUT2D eigenvalue weighted by atomic mass is 10.1. The third-order valence-corrected chi connectivity index (χ3v) is 5.26. The maximum absolute atomic E-state index is 12.2. The summed E-state index contributed by atoms with van der Waals surface area (Å²) in [6.45, 7) is 2.25. The number of aryl methyl sites for hydroxylation is 1. The molecule has 0 unspecified atom stereocenters. The van der Waals surface area contributed by atoms with E-state index in [1.54, 1.807) is 24.3 Å². The largest absolute Gasteiger partial charge is 0.489 e. The Labute approximate surface area is 184 Å². The zero-order valence-electron chi connectivity index (χ0n) is 16.1. The molecule has 0 spiro atoms. The second kappa shape index (κ2) is 8.74. The van der Waals surface area contributed by atoms with Gasteiger partial charge in [0.05, 0.1) is 0 Å². The fraction of sp³-hybridized carbons (Fsp3) is 0.0833. The average Bonchev–Trinajstić information content (AvgIpc) is 3.09. The van der Waals surface area contributed by atoms with E-state index in [2.05, 4.69) is 4.99 Å². The highest BCUT2D eigenvalue weighted by Crippen LogP contribution is 2.26. The van der Waals surface area contributed by atoms with E-state index in [0.717, 1.165) is 22.3 Å². The number of rotatable bonds is 5. The normalized spacial score (nSPS) is 14.6. The van der Waals surface area contributed by atoms with Crippen molar-refractivity contribution in [2.45, 2.75) is 13.5 Å². The summed E-state index contributed by atoms with van der Waals surface area (Å²) in [6.07, 6.45) is 1.68. The predicted molar refractivity (Wildman–Crippen MR) is 119 cm³/mol. The fourth-order valence-corrected chi connectivity index (χ4v) is 3.38. The van der Waals surface area contributed by atoms with Crippen molar-refractivity contribution in [1.29, 1.82) is 0 Å². The summed E-state index contributed by atoms with van der Waals surface area (Å²) in [4.78, 5) is 16.5. The minimum Gasteiger partial charge on any atom is -0.489 e. The molecule has 1 heterocycles. The molecule has 0 atom stereocenters. The highest BCUT2D eigenvalue weighted by molar-refractivity contribution is 6.35. The minimum absolute atomic E-state index is 0.252. The van der Waals surface area contributed by atoms with Gasteiger partial charge in [-0.2, -0.15) is 0 Å². The van der Waals surface area contributed by atoms with Crippen molar-refractivity contribution >= 4 is 41.1 Å². The van der Waals surface area contributed by atoms with Gasteiger partial charge in [0.1, 0.15) is 12.4 Å². The number of cyclic esters (lactones) is 1. The zero-order valence-corrected chi connectivity index (χ0v) is 17.6. The Morgan fingerprint density at radius 1 is 0.967 bits per heavy atom. The number of carbonyl (C=O) groups excluding carboxylic acids is 1. The number of hydrogen-bond donors (Lipinski definition) is 0. The Morgan fingerprint density at radius 2 is 1.63 bits per heavy atom. The van der Waals surface area contributed by atoms with E-state index in [4.69, 9.17) is 32.7 Å². The van der Waals surface area contributed by atoms with Crippen molar-refractivity contribution in [2.75, 3.05) is 0 Å². The molecule has 6 heteroatoms. The van der Waals surface area contributed by atoms with Crippen LogP contribution in [0.1, 0.15) is 22.3 Å². The van der Waals surface area contributed by atoms with E-state index in [1.165, 1.54) is 0 Å². The Morgan fingerprint density at radius 3 is 2.30 bits per heavy atom. The Hall–Kier alpha value is -3.08. The highest BCUT2D eigenvalue weighted by atomic mass is 35.5. The summed E-state index contributed by atoms with van der Waals surface area (Å²) in [5, 5.41) is 1.12. The molecule has 0 N–H and O–H groups in total. The second-order valence-electron chi connectivity index (χ2n) is 6.76. The van der Waals surface area contributed by atoms with Gasteiger partial charge in [-0.3, -0.25) is 0 Å². The molecule has 0 aliphatic carbocycles. The molecule has 0 radical (unpaired) electrons. The first kappa shape index (κ1) is 20.2. The molecule has 0 bridgehead atoms. The molecule has 0 fully saturated rings. The Balaban J connectivity index is 1.47. The van der Waals surface area contributed by atoms with Crippen LogP contribution in [0.3, 0.4) is 0 Å². The lowest BCUT2D eigenvalue weighted by Crippen LogP contribution is -2.05. The highest BCUT2D eigenvalue weighted by Gasteiger charge is 2.24. The maximum atomic E-state index is 12.2. The van der Waals surface area contributed by atoms with Crippen molar-refractivity contribution in [3.8, 4) is 5.75 Å². The van der Waals surface area contributed by atoms with Crippen molar-refractivity contribution in [1.82, 2.24) is 0 Å². The van der Waals surface area contributed by atoms with Crippen LogP contribution in [0.15, 0.2) is 77.4 Å². The van der Waals surface area contributed by atoms with Crippen LogP contribution in [0.2, 0.25) is 10.0 Å². The predicted octanol–water partition coefficient (Wildman–Crippen LogP) is 6.23. The van der Waals surface area contributed by atoms with Crippen LogP contribution in [0.25, 0.3) is 6.08 Å². The standard InChI is InChI=1S/C24H17Cl2NO3/c1-15-5-9-17(10-6-15)23-27-22(24(28)30-23)13-16-7-11-18(12-8-16)29-14-19-20(25)3-2-4-21(19)26/h2-13H,14H2,1H3/b22-13-. The molecule has 0 saturated heterocycles. The molecule has 0 saturated carbocycles. The molecular formula is C24H17Cl2NO3. The van der Waals surface area contributed by atoms with Crippen LogP contribution in [0, 0.1) is 6.92 Å². The zero-order chi connectivity index (χ0) is 21.1.